The SMILES string of the molecule is CC1CC(C)CN(C(C)(C)CNC(=O)N2CCN(C3CCCC3)CC2)C1. The van der Waals surface area contributed by atoms with Gasteiger partial charge in [0.25, 0.3) is 0 Å². The normalized spacial score (nSPS) is 29.9. The number of nitrogens with zero attached hydrogens (tertiary/aromatic N) is 3. The quantitative estimate of drug-likeness (QED) is 0.833. The molecule has 1 saturated carbocycles. The summed E-state index contributed by atoms with van der Waals surface area (Å²) in [4.78, 5) is 19.9. The molecule has 0 bridgehead atoms. The lowest BCUT2D eigenvalue weighted by molar-refractivity contribution is 0.0454. The van der Waals surface area contributed by atoms with Gasteiger partial charge in [-0.2, -0.15) is 0 Å². The van der Waals surface area contributed by atoms with Crippen molar-refractivity contribution in [3.05, 3.63) is 0 Å². The van der Waals surface area contributed by atoms with Gasteiger partial charge in [-0.15, -0.1) is 0 Å². The second-order valence-electron chi connectivity index (χ2n) is 9.78. The van der Waals surface area contributed by atoms with Crippen molar-refractivity contribution in [1.82, 2.24) is 20.0 Å². The van der Waals surface area contributed by atoms with E-state index in [4.69, 9.17) is 0 Å². The van der Waals surface area contributed by atoms with Crippen molar-refractivity contribution in [2.24, 2.45) is 11.8 Å². The fraction of sp³-hybridized carbons (Fsp3) is 0.952. The number of hydrogen-bond acceptors (Lipinski definition) is 3. The lowest BCUT2D eigenvalue weighted by Crippen LogP contribution is -2.59. The summed E-state index contributed by atoms with van der Waals surface area (Å²) in [5.41, 5.74) is 0.0181. The number of carbonyl (C=O) groups excluding carboxylic acids is 1. The Kier molecular flexibility index (Phi) is 6.50. The maximum absolute atomic E-state index is 12.7. The van der Waals surface area contributed by atoms with Crippen LogP contribution in [0.15, 0.2) is 0 Å². The smallest absolute Gasteiger partial charge is 0.317 e. The van der Waals surface area contributed by atoms with Gasteiger partial charge in [0.05, 0.1) is 0 Å². The Morgan fingerprint density at radius 3 is 2.15 bits per heavy atom. The van der Waals surface area contributed by atoms with E-state index < -0.39 is 0 Å². The Hall–Kier alpha value is -0.810. The number of hydrogen-bond donors (Lipinski definition) is 1. The fourth-order valence-corrected chi connectivity index (χ4v) is 5.23. The second-order valence-corrected chi connectivity index (χ2v) is 9.78. The molecule has 5 nitrogen and oxygen atoms in total. The first-order chi connectivity index (χ1) is 12.3. The highest BCUT2D eigenvalue weighted by Gasteiger charge is 2.34. The first-order valence-electron chi connectivity index (χ1n) is 10.9. The number of piperazine rings is 1. The third-order valence-electron chi connectivity index (χ3n) is 6.84. The van der Waals surface area contributed by atoms with Crippen LogP contribution in [0.1, 0.15) is 59.8 Å². The standard InChI is InChI=1S/C21H40N4O/c1-17-13-18(2)15-25(14-17)21(3,4)16-22-20(26)24-11-9-23(10-12-24)19-7-5-6-8-19/h17-19H,5-16H2,1-4H3,(H,22,26). The summed E-state index contributed by atoms with van der Waals surface area (Å²) in [6.07, 6.45) is 6.80. The van der Waals surface area contributed by atoms with Gasteiger partial charge < -0.3 is 10.2 Å². The van der Waals surface area contributed by atoms with Gasteiger partial charge in [-0.3, -0.25) is 9.80 Å². The van der Waals surface area contributed by atoms with Gasteiger partial charge in [0.15, 0.2) is 0 Å². The van der Waals surface area contributed by atoms with Crippen molar-refractivity contribution >= 4 is 6.03 Å². The summed E-state index contributed by atoms with van der Waals surface area (Å²) in [7, 11) is 0. The third-order valence-corrected chi connectivity index (χ3v) is 6.84. The Morgan fingerprint density at radius 1 is 1.00 bits per heavy atom. The molecule has 1 aliphatic carbocycles. The first-order valence-corrected chi connectivity index (χ1v) is 10.9. The average molecular weight is 365 g/mol. The molecule has 2 atom stereocenters. The van der Waals surface area contributed by atoms with Crippen LogP contribution in [0.2, 0.25) is 0 Å². The summed E-state index contributed by atoms with van der Waals surface area (Å²) >= 11 is 0. The molecule has 1 N–H and O–H groups in total. The summed E-state index contributed by atoms with van der Waals surface area (Å²) < 4.78 is 0. The van der Waals surface area contributed by atoms with Gasteiger partial charge in [0, 0.05) is 57.4 Å². The van der Waals surface area contributed by atoms with Crippen molar-refractivity contribution in [1.29, 1.82) is 0 Å². The van der Waals surface area contributed by atoms with E-state index in [2.05, 4.69) is 42.8 Å². The van der Waals surface area contributed by atoms with Gasteiger partial charge in [-0.1, -0.05) is 26.7 Å². The monoisotopic (exact) mass is 364 g/mol. The predicted molar refractivity (Wildman–Crippen MR) is 107 cm³/mol. The molecule has 0 aromatic rings. The molecule has 150 valence electrons. The van der Waals surface area contributed by atoms with Gasteiger partial charge in [-0.05, 0) is 44.9 Å². The molecule has 26 heavy (non-hydrogen) atoms. The highest BCUT2D eigenvalue weighted by Crippen LogP contribution is 2.27. The van der Waals surface area contributed by atoms with Crippen LogP contribution >= 0.6 is 0 Å². The minimum Gasteiger partial charge on any atom is -0.336 e. The molecule has 2 amide bonds. The van der Waals surface area contributed by atoms with Crippen LogP contribution in [-0.4, -0.2) is 78.1 Å². The van der Waals surface area contributed by atoms with E-state index in [0.717, 1.165) is 63.7 Å². The maximum Gasteiger partial charge on any atom is 0.317 e. The van der Waals surface area contributed by atoms with Crippen LogP contribution in [0.4, 0.5) is 4.79 Å². The average Bonchev–Trinajstić information content (AvgIpc) is 3.14. The van der Waals surface area contributed by atoms with Crippen LogP contribution in [0.25, 0.3) is 0 Å². The summed E-state index contributed by atoms with van der Waals surface area (Å²) in [6, 6.07) is 0.907. The number of nitrogens with one attached hydrogen (secondary N) is 1. The number of rotatable bonds is 4. The van der Waals surface area contributed by atoms with Crippen molar-refractivity contribution in [2.45, 2.75) is 71.4 Å². The zero-order valence-electron chi connectivity index (χ0n) is 17.5. The zero-order valence-corrected chi connectivity index (χ0v) is 17.5. The van der Waals surface area contributed by atoms with Crippen molar-refractivity contribution in [3.63, 3.8) is 0 Å². The van der Waals surface area contributed by atoms with E-state index >= 15 is 0 Å². The minimum absolute atomic E-state index is 0.0181. The van der Waals surface area contributed by atoms with Crippen LogP contribution in [-0.2, 0) is 0 Å². The molecular formula is C21H40N4O. The molecule has 0 aromatic carbocycles. The molecule has 0 spiro atoms. The Bertz CT molecular complexity index is 457. The molecular weight excluding hydrogens is 324 g/mol. The minimum atomic E-state index is 0.0181. The van der Waals surface area contributed by atoms with Crippen molar-refractivity contribution < 1.29 is 4.79 Å². The molecule has 5 heteroatoms. The first kappa shape index (κ1) is 19.9. The molecule has 2 aliphatic heterocycles. The van der Waals surface area contributed by atoms with E-state index in [1.54, 1.807) is 0 Å². The summed E-state index contributed by atoms with van der Waals surface area (Å²) in [5, 5.41) is 3.23. The highest BCUT2D eigenvalue weighted by molar-refractivity contribution is 5.74. The largest absolute Gasteiger partial charge is 0.336 e. The lowest BCUT2D eigenvalue weighted by atomic mass is 9.88. The fourth-order valence-electron chi connectivity index (χ4n) is 5.23. The second kappa shape index (κ2) is 8.47. The van der Waals surface area contributed by atoms with E-state index in [1.807, 2.05) is 4.90 Å². The summed E-state index contributed by atoms with van der Waals surface area (Å²) in [5.74, 6) is 1.50. The molecule has 0 aromatic heterocycles. The van der Waals surface area contributed by atoms with Gasteiger partial charge in [0.1, 0.15) is 0 Å². The molecule has 3 aliphatic rings. The van der Waals surface area contributed by atoms with Gasteiger partial charge >= 0.3 is 6.03 Å². The molecule has 2 heterocycles. The van der Waals surface area contributed by atoms with E-state index in [-0.39, 0.29) is 11.6 Å². The van der Waals surface area contributed by atoms with Crippen molar-refractivity contribution in [3.8, 4) is 0 Å². The lowest BCUT2D eigenvalue weighted by Gasteiger charge is -2.45. The third kappa shape index (κ3) is 4.92. The number of piperidine rings is 1. The van der Waals surface area contributed by atoms with Gasteiger partial charge in [-0.25, -0.2) is 4.79 Å². The Labute approximate surface area is 160 Å². The van der Waals surface area contributed by atoms with Gasteiger partial charge in [0.2, 0.25) is 0 Å². The molecule has 2 unspecified atom stereocenters. The van der Waals surface area contributed by atoms with Crippen LogP contribution in [0, 0.1) is 11.8 Å². The Morgan fingerprint density at radius 2 is 1.58 bits per heavy atom. The maximum atomic E-state index is 12.7. The van der Waals surface area contributed by atoms with E-state index in [1.165, 1.54) is 32.1 Å². The molecule has 3 fully saturated rings. The van der Waals surface area contributed by atoms with Crippen LogP contribution in [0.5, 0.6) is 0 Å². The van der Waals surface area contributed by atoms with E-state index in [0.29, 0.717) is 0 Å². The summed E-state index contributed by atoms with van der Waals surface area (Å²) in [6.45, 7) is 16.1. The number of amides is 2. The Balaban J connectivity index is 1.43. The number of urea groups is 1. The molecule has 3 rings (SSSR count). The topological polar surface area (TPSA) is 38.8 Å². The van der Waals surface area contributed by atoms with Crippen LogP contribution in [0.3, 0.4) is 0 Å². The van der Waals surface area contributed by atoms with Crippen LogP contribution < -0.4 is 5.32 Å². The molecule has 0 radical (unpaired) electrons. The predicted octanol–water partition coefficient (Wildman–Crippen LogP) is 3.01. The highest BCUT2D eigenvalue weighted by atomic mass is 16.2. The zero-order chi connectivity index (χ0) is 18.7. The van der Waals surface area contributed by atoms with Crippen molar-refractivity contribution in [2.75, 3.05) is 45.8 Å². The molecule has 2 saturated heterocycles. The number of carbonyl (C=O) groups is 1. The van der Waals surface area contributed by atoms with E-state index in [9.17, 15) is 4.79 Å². The number of likely N-dealkylation sites (tertiary alicyclic amines) is 1.